The molecular formula is C14H22BrN3O2S. The Balaban J connectivity index is 2.22. The molecule has 1 N–H and O–H groups in total. The first-order valence-electron chi connectivity index (χ1n) is 7.25. The minimum absolute atomic E-state index is 0.220. The summed E-state index contributed by atoms with van der Waals surface area (Å²) in [6, 6.07) is 1.60. The Kier molecular flexibility index (Phi) is 5.62. The lowest BCUT2D eigenvalue weighted by molar-refractivity contribution is 0.300. The van der Waals surface area contributed by atoms with E-state index in [9.17, 15) is 8.42 Å². The zero-order chi connectivity index (χ0) is 15.5. The molecule has 0 aliphatic heterocycles. The highest BCUT2D eigenvalue weighted by Gasteiger charge is 2.27. The van der Waals surface area contributed by atoms with Gasteiger partial charge in [-0.25, -0.2) is 17.7 Å². The summed E-state index contributed by atoms with van der Waals surface area (Å²) in [6.45, 7) is 0.581. The summed E-state index contributed by atoms with van der Waals surface area (Å²) in [6.07, 6.45) is 7.51. The van der Waals surface area contributed by atoms with E-state index in [1.807, 2.05) is 0 Å². The number of rotatable bonds is 5. The second kappa shape index (κ2) is 7.07. The summed E-state index contributed by atoms with van der Waals surface area (Å²) in [5, 5.41) is 2.85. The Bertz CT molecular complexity index is 586. The smallest absolute Gasteiger partial charge is 0.246 e. The summed E-state index contributed by atoms with van der Waals surface area (Å²) < 4.78 is 27.6. The molecule has 0 atom stereocenters. The number of hydrogen-bond acceptors (Lipinski definition) is 4. The molecule has 0 amide bonds. The van der Waals surface area contributed by atoms with Gasteiger partial charge in [0.25, 0.3) is 0 Å². The Hall–Kier alpha value is -0.660. The van der Waals surface area contributed by atoms with Crippen LogP contribution in [0.3, 0.4) is 0 Å². The van der Waals surface area contributed by atoms with Crippen molar-refractivity contribution in [3.05, 3.63) is 16.7 Å². The molecule has 5 nitrogen and oxygen atoms in total. The molecule has 0 spiro atoms. The maximum absolute atomic E-state index is 12.8. The van der Waals surface area contributed by atoms with Crippen LogP contribution in [0.25, 0.3) is 0 Å². The molecule has 21 heavy (non-hydrogen) atoms. The quantitative estimate of drug-likeness (QED) is 0.858. The van der Waals surface area contributed by atoms with E-state index in [4.69, 9.17) is 0 Å². The van der Waals surface area contributed by atoms with Crippen molar-refractivity contribution in [2.24, 2.45) is 5.92 Å². The van der Waals surface area contributed by atoms with Crippen molar-refractivity contribution >= 4 is 31.8 Å². The van der Waals surface area contributed by atoms with E-state index in [2.05, 4.69) is 26.2 Å². The van der Waals surface area contributed by atoms with Crippen LogP contribution >= 0.6 is 15.9 Å². The predicted octanol–water partition coefficient (Wildman–Crippen LogP) is 3.09. The van der Waals surface area contributed by atoms with Gasteiger partial charge in [0.2, 0.25) is 10.0 Å². The largest absolute Gasteiger partial charge is 0.372 e. The van der Waals surface area contributed by atoms with Gasteiger partial charge in [-0.15, -0.1) is 0 Å². The second-order valence-corrected chi connectivity index (χ2v) is 8.47. The van der Waals surface area contributed by atoms with Gasteiger partial charge in [-0.3, -0.25) is 0 Å². The summed E-state index contributed by atoms with van der Waals surface area (Å²) >= 11 is 3.29. The van der Waals surface area contributed by atoms with E-state index < -0.39 is 10.0 Å². The van der Waals surface area contributed by atoms with Gasteiger partial charge >= 0.3 is 0 Å². The van der Waals surface area contributed by atoms with Crippen LogP contribution in [-0.2, 0) is 10.0 Å². The van der Waals surface area contributed by atoms with Crippen LogP contribution in [0.2, 0.25) is 0 Å². The van der Waals surface area contributed by atoms with Crippen molar-refractivity contribution in [3.8, 4) is 0 Å². The zero-order valence-corrected chi connectivity index (χ0v) is 14.9. The molecule has 0 radical (unpaired) electrons. The molecule has 0 aromatic carbocycles. The maximum atomic E-state index is 12.8. The van der Waals surface area contributed by atoms with Crippen LogP contribution in [0.1, 0.15) is 32.1 Å². The molecule has 1 saturated carbocycles. The van der Waals surface area contributed by atoms with Crippen molar-refractivity contribution < 1.29 is 8.42 Å². The third-order valence-corrected chi connectivity index (χ3v) is 6.25. The molecule has 0 bridgehead atoms. The van der Waals surface area contributed by atoms with Crippen LogP contribution < -0.4 is 5.32 Å². The molecule has 1 fully saturated rings. The molecule has 1 aliphatic carbocycles. The van der Waals surface area contributed by atoms with Crippen molar-refractivity contribution in [1.29, 1.82) is 0 Å². The van der Waals surface area contributed by atoms with E-state index in [1.54, 1.807) is 26.4 Å². The number of sulfonamides is 1. The zero-order valence-electron chi connectivity index (χ0n) is 12.5. The van der Waals surface area contributed by atoms with Gasteiger partial charge in [0.05, 0.1) is 0 Å². The summed E-state index contributed by atoms with van der Waals surface area (Å²) in [7, 11) is -0.191. The van der Waals surface area contributed by atoms with Gasteiger partial charge < -0.3 is 5.32 Å². The van der Waals surface area contributed by atoms with Crippen LogP contribution in [0, 0.1) is 5.92 Å². The molecule has 0 saturated heterocycles. The molecule has 7 heteroatoms. The number of nitrogens with one attached hydrogen (secondary N) is 1. The molecule has 0 unspecified atom stereocenters. The number of hydrogen-bond donors (Lipinski definition) is 1. The molecule has 2 rings (SSSR count). The average Bonchev–Trinajstić information content (AvgIpc) is 2.48. The number of anilines is 1. The first kappa shape index (κ1) is 16.7. The van der Waals surface area contributed by atoms with Gasteiger partial charge in [-0.05, 0) is 40.8 Å². The van der Waals surface area contributed by atoms with Gasteiger partial charge in [0.1, 0.15) is 10.7 Å². The fourth-order valence-corrected chi connectivity index (χ4v) is 4.71. The fraction of sp³-hybridized carbons (Fsp3) is 0.643. The summed E-state index contributed by atoms with van der Waals surface area (Å²) in [5.41, 5.74) is 0. The standard InChI is InChI=1S/C14H22BrN3O2S/c1-16-14-13(8-12(15)9-17-14)21(19,20)18(2)10-11-6-4-3-5-7-11/h8-9,11H,3-7,10H2,1-2H3,(H,16,17). The molecule has 1 aromatic heterocycles. The van der Waals surface area contributed by atoms with Crippen molar-refractivity contribution in [1.82, 2.24) is 9.29 Å². The van der Waals surface area contributed by atoms with Gasteiger partial charge in [-0.1, -0.05) is 19.3 Å². The van der Waals surface area contributed by atoms with Gasteiger partial charge in [0, 0.05) is 31.3 Å². The van der Waals surface area contributed by atoms with E-state index in [1.165, 1.54) is 23.6 Å². The third kappa shape index (κ3) is 3.96. The Morgan fingerprint density at radius 1 is 1.38 bits per heavy atom. The predicted molar refractivity (Wildman–Crippen MR) is 87.9 cm³/mol. The normalized spacial score (nSPS) is 17.1. The lowest BCUT2D eigenvalue weighted by Gasteiger charge is -2.27. The van der Waals surface area contributed by atoms with E-state index in [0.717, 1.165) is 12.8 Å². The van der Waals surface area contributed by atoms with Crippen molar-refractivity contribution in [2.75, 3.05) is 26.0 Å². The SMILES string of the molecule is CNc1ncc(Br)cc1S(=O)(=O)N(C)CC1CCCCC1. The molecular weight excluding hydrogens is 354 g/mol. The average molecular weight is 376 g/mol. The highest BCUT2D eigenvalue weighted by atomic mass is 79.9. The number of pyridine rings is 1. The first-order valence-corrected chi connectivity index (χ1v) is 9.48. The summed E-state index contributed by atoms with van der Waals surface area (Å²) in [4.78, 5) is 4.35. The topological polar surface area (TPSA) is 62.3 Å². The van der Waals surface area contributed by atoms with Gasteiger partial charge in [-0.2, -0.15) is 0 Å². The maximum Gasteiger partial charge on any atom is 0.246 e. The summed E-state index contributed by atoms with van der Waals surface area (Å²) in [5.74, 6) is 0.852. The highest BCUT2D eigenvalue weighted by Crippen LogP contribution is 2.28. The molecule has 1 aliphatic rings. The van der Waals surface area contributed by atoms with Crippen molar-refractivity contribution in [3.63, 3.8) is 0 Å². The van der Waals surface area contributed by atoms with Crippen LogP contribution in [0.4, 0.5) is 5.82 Å². The van der Waals surface area contributed by atoms with Crippen LogP contribution in [0.5, 0.6) is 0 Å². The second-order valence-electron chi connectivity index (χ2n) is 5.54. The van der Waals surface area contributed by atoms with Crippen LogP contribution in [0.15, 0.2) is 21.6 Å². The molecule has 1 heterocycles. The Labute approximate surface area is 135 Å². The first-order chi connectivity index (χ1) is 9.95. The van der Waals surface area contributed by atoms with E-state index in [-0.39, 0.29) is 4.90 Å². The number of nitrogens with zero attached hydrogens (tertiary/aromatic N) is 2. The molecule has 1 aromatic rings. The van der Waals surface area contributed by atoms with Crippen LogP contribution in [-0.4, -0.2) is 38.3 Å². The Morgan fingerprint density at radius 2 is 2.05 bits per heavy atom. The third-order valence-electron chi connectivity index (χ3n) is 3.98. The lowest BCUT2D eigenvalue weighted by Crippen LogP contribution is -2.33. The lowest BCUT2D eigenvalue weighted by atomic mass is 9.89. The fourth-order valence-electron chi connectivity index (χ4n) is 2.80. The minimum atomic E-state index is -3.53. The number of aromatic nitrogens is 1. The Morgan fingerprint density at radius 3 is 2.67 bits per heavy atom. The van der Waals surface area contributed by atoms with Crippen molar-refractivity contribution in [2.45, 2.75) is 37.0 Å². The van der Waals surface area contributed by atoms with E-state index >= 15 is 0 Å². The van der Waals surface area contributed by atoms with Gasteiger partial charge in [0.15, 0.2) is 0 Å². The monoisotopic (exact) mass is 375 g/mol. The molecule has 118 valence electrons. The highest BCUT2D eigenvalue weighted by molar-refractivity contribution is 9.10. The van der Waals surface area contributed by atoms with E-state index in [0.29, 0.717) is 22.8 Å². The number of halogens is 1. The minimum Gasteiger partial charge on any atom is -0.372 e.